The molecule has 0 bridgehead atoms. The molecule has 140 valence electrons. The Balaban J connectivity index is 1.82. The van der Waals surface area contributed by atoms with Crippen molar-refractivity contribution in [2.75, 3.05) is 24.4 Å². The molecule has 27 heavy (non-hydrogen) atoms. The van der Waals surface area contributed by atoms with E-state index in [-0.39, 0.29) is 12.1 Å². The van der Waals surface area contributed by atoms with E-state index in [1.807, 2.05) is 44.2 Å². The zero-order valence-electron chi connectivity index (χ0n) is 15.7. The highest BCUT2D eigenvalue weighted by atomic mass is 32.1. The fourth-order valence-corrected chi connectivity index (χ4v) is 4.68. The van der Waals surface area contributed by atoms with Crippen molar-refractivity contribution in [1.29, 1.82) is 0 Å². The predicted molar refractivity (Wildman–Crippen MR) is 108 cm³/mol. The second-order valence-electron chi connectivity index (χ2n) is 6.54. The molecule has 1 atom stereocenters. The first-order chi connectivity index (χ1) is 13.0. The summed E-state index contributed by atoms with van der Waals surface area (Å²) in [7, 11) is 3.30. The van der Waals surface area contributed by atoms with Gasteiger partial charge >= 0.3 is 0 Å². The van der Waals surface area contributed by atoms with Crippen molar-refractivity contribution in [3.05, 3.63) is 46.5 Å². The molecule has 1 aromatic carbocycles. The van der Waals surface area contributed by atoms with Gasteiger partial charge in [-0.25, -0.2) is 4.98 Å². The number of methoxy groups -OCH3 is 2. The monoisotopic (exact) mass is 383 g/mol. The third-order valence-electron chi connectivity index (χ3n) is 4.68. The summed E-state index contributed by atoms with van der Waals surface area (Å²) < 4.78 is 10.6. The molecule has 1 N–H and O–H groups in total. The molecule has 0 saturated carbocycles. The number of ether oxygens (including phenoxy) is 2. The molecule has 7 heteroatoms. The zero-order chi connectivity index (χ0) is 19.1. The van der Waals surface area contributed by atoms with E-state index >= 15 is 0 Å². The molecular weight excluding hydrogens is 362 g/mol. The molecular formula is C20H21N3O3S. The molecule has 1 amide bonds. The highest BCUT2D eigenvalue weighted by molar-refractivity contribution is 7.21. The summed E-state index contributed by atoms with van der Waals surface area (Å²) in [5, 5.41) is 4.48. The van der Waals surface area contributed by atoms with E-state index in [2.05, 4.69) is 10.3 Å². The van der Waals surface area contributed by atoms with Crippen molar-refractivity contribution in [2.45, 2.75) is 26.6 Å². The molecule has 4 rings (SSSR count). The Labute approximate surface area is 161 Å². The van der Waals surface area contributed by atoms with Gasteiger partial charge in [-0.2, -0.15) is 0 Å². The van der Waals surface area contributed by atoms with Gasteiger partial charge in [-0.15, -0.1) is 11.3 Å². The second kappa shape index (κ2) is 6.83. The Kier molecular flexibility index (Phi) is 4.49. The van der Waals surface area contributed by atoms with Gasteiger partial charge in [-0.05, 0) is 49.7 Å². The number of fused-ring (bicyclic) bond motifs is 3. The van der Waals surface area contributed by atoms with Gasteiger partial charge in [0, 0.05) is 23.9 Å². The lowest BCUT2D eigenvalue weighted by molar-refractivity contribution is 0.0981. The minimum absolute atomic E-state index is 0.0227. The number of aromatic nitrogens is 1. The van der Waals surface area contributed by atoms with Gasteiger partial charge in [0.1, 0.15) is 21.6 Å². The van der Waals surface area contributed by atoms with Crippen LogP contribution < -0.4 is 15.0 Å². The number of hydrogen-bond acceptors (Lipinski definition) is 6. The maximum absolute atomic E-state index is 13.3. The largest absolute Gasteiger partial charge is 0.497 e. The lowest BCUT2D eigenvalue weighted by Crippen LogP contribution is -2.46. The van der Waals surface area contributed by atoms with Crippen LogP contribution in [0.1, 0.15) is 27.9 Å². The Bertz CT molecular complexity index is 1010. The Morgan fingerprint density at radius 1 is 1.26 bits per heavy atom. The number of thiophene rings is 1. The van der Waals surface area contributed by atoms with E-state index in [0.29, 0.717) is 11.5 Å². The minimum atomic E-state index is -0.187. The molecule has 3 aromatic rings. The number of pyridine rings is 1. The normalized spacial score (nSPS) is 16.4. The van der Waals surface area contributed by atoms with E-state index in [9.17, 15) is 4.79 Å². The third kappa shape index (κ3) is 2.93. The topological polar surface area (TPSA) is 63.7 Å². The Morgan fingerprint density at radius 2 is 2.00 bits per heavy atom. The van der Waals surface area contributed by atoms with Gasteiger partial charge in [0.25, 0.3) is 5.91 Å². The van der Waals surface area contributed by atoms with E-state index in [1.165, 1.54) is 11.3 Å². The van der Waals surface area contributed by atoms with Crippen LogP contribution in [0.5, 0.6) is 5.75 Å². The summed E-state index contributed by atoms with van der Waals surface area (Å²) in [5.41, 5.74) is 3.64. The molecule has 1 aliphatic rings. The first-order valence-corrected chi connectivity index (χ1v) is 9.51. The average molecular weight is 383 g/mol. The standard InChI is InChI=1S/C20H21N3O3S/c1-11-9-13(10-25-3)16-17-18(27-19(16)21-11)20(24)23(12(2)22-17)14-5-7-15(26-4)8-6-14/h5-9,12,22H,10H2,1-4H3/t12-/m1/s1. The molecule has 2 aromatic heterocycles. The SMILES string of the molecule is COCc1cc(C)nc2sc3c(c12)N[C@@H](C)N(c1ccc(OC)cc1)C3=O. The number of nitrogens with one attached hydrogen (secondary N) is 1. The zero-order valence-corrected chi connectivity index (χ0v) is 16.5. The number of carbonyl (C=O) groups is 1. The highest BCUT2D eigenvalue weighted by Crippen LogP contribution is 2.42. The summed E-state index contributed by atoms with van der Waals surface area (Å²) in [4.78, 5) is 21.2. The summed E-state index contributed by atoms with van der Waals surface area (Å²) in [5.74, 6) is 0.737. The maximum atomic E-state index is 13.3. The molecule has 0 spiro atoms. The number of amides is 1. The minimum Gasteiger partial charge on any atom is -0.497 e. The van der Waals surface area contributed by atoms with Gasteiger partial charge in [-0.3, -0.25) is 9.69 Å². The summed E-state index contributed by atoms with van der Waals surface area (Å²) in [6, 6.07) is 9.53. The smallest absolute Gasteiger partial charge is 0.272 e. The number of benzene rings is 1. The van der Waals surface area contributed by atoms with Gasteiger partial charge in [0.05, 0.1) is 19.4 Å². The first-order valence-electron chi connectivity index (χ1n) is 8.69. The van der Waals surface area contributed by atoms with Gasteiger partial charge in [0.2, 0.25) is 0 Å². The third-order valence-corrected chi connectivity index (χ3v) is 5.75. The second-order valence-corrected chi connectivity index (χ2v) is 7.53. The van der Waals surface area contributed by atoms with E-state index in [1.54, 1.807) is 19.1 Å². The van der Waals surface area contributed by atoms with Gasteiger partial charge in [-0.1, -0.05) is 0 Å². The summed E-state index contributed by atoms with van der Waals surface area (Å²) >= 11 is 1.43. The number of anilines is 2. The van der Waals surface area contributed by atoms with Crippen LogP contribution in [0.15, 0.2) is 30.3 Å². The van der Waals surface area contributed by atoms with Crippen molar-refractivity contribution in [2.24, 2.45) is 0 Å². The number of carbonyl (C=O) groups excluding carboxylic acids is 1. The van der Waals surface area contributed by atoms with E-state index in [4.69, 9.17) is 9.47 Å². The number of rotatable bonds is 4. The van der Waals surface area contributed by atoms with Crippen LogP contribution in [0.25, 0.3) is 10.2 Å². The Hall–Kier alpha value is -2.64. The Morgan fingerprint density at radius 3 is 2.67 bits per heavy atom. The molecule has 0 saturated heterocycles. The number of nitrogens with zero attached hydrogens (tertiary/aromatic N) is 2. The van der Waals surface area contributed by atoms with Crippen LogP contribution in [0.4, 0.5) is 11.4 Å². The summed E-state index contributed by atoms with van der Waals surface area (Å²) in [6.45, 7) is 4.42. The molecule has 0 radical (unpaired) electrons. The van der Waals surface area contributed by atoms with Crippen molar-refractivity contribution in [1.82, 2.24) is 4.98 Å². The molecule has 6 nitrogen and oxygen atoms in total. The van der Waals surface area contributed by atoms with Crippen LogP contribution >= 0.6 is 11.3 Å². The van der Waals surface area contributed by atoms with Crippen molar-refractivity contribution >= 4 is 38.8 Å². The molecule has 0 aliphatic carbocycles. The van der Waals surface area contributed by atoms with Crippen LogP contribution in [0.3, 0.4) is 0 Å². The van der Waals surface area contributed by atoms with Crippen molar-refractivity contribution in [3.63, 3.8) is 0 Å². The van der Waals surface area contributed by atoms with E-state index < -0.39 is 0 Å². The lowest BCUT2D eigenvalue weighted by atomic mass is 10.1. The average Bonchev–Trinajstić information content (AvgIpc) is 3.01. The van der Waals surface area contributed by atoms with Crippen molar-refractivity contribution < 1.29 is 14.3 Å². The number of hydrogen-bond donors (Lipinski definition) is 1. The highest BCUT2D eigenvalue weighted by Gasteiger charge is 2.34. The molecule has 0 unspecified atom stereocenters. The fourth-order valence-electron chi connectivity index (χ4n) is 3.51. The van der Waals surface area contributed by atoms with E-state index in [0.717, 1.165) is 38.6 Å². The van der Waals surface area contributed by atoms with Crippen LogP contribution in [0, 0.1) is 6.92 Å². The van der Waals surface area contributed by atoms with Crippen LogP contribution in [0.2, 0.25) is 0 Å². The fraction of sp³-hybridized carbons (Fsp3) is 0.300. The summed E-state index contributed by atoms with van der Waals surface area (Å²) in [6.07, 6.45) is -0.187. The van der Waals surface area contributed by atoms with Gasteiger partial charge in [0.15, 0.2) is 0 Å². The molecule has 1 aliphatic heterocycles. The maximum Gasteiger partial charge on any atom is 0.272 e. The quantitative estimate of drug-likeness (QED) is 0.732. The number of aryl methyl sites for hydroxylation is 1. The predicted octanol–water partition coefficient (Wildman–Crippen LogP) is 4.18. The van der Waals surface area contributed by atoms with Crippen molar-refractivity contribution in [3.8, 4) is 5.75 Å². The molecule has 0 fully saturated rings. The van der Waals surface area contributed by atoms with Crippen LogP contribution in [-0.4, -0.2) is 31.3 Å². The first kappa shape index (κ1) is 17.8. The molecule has 3 heterocycles. The lowest BCUT2D eigenvalue weighted by Gasteiger charge is -2.34. The van der Waals surface area contributed by atoms with Gasteiger partial charge < -0.3 is 14.8 Å². The van der Waals surface area contributed by atoms with Crippen LogP contribution in [-0.2, 0) is 11.3 Å².